The molecule has 0 aliphatic carbocycles. The van der Waals surface area contributed by atoms with Crippen molar-refractivity contribution < 1.29 is 0 Å². The van der Waals surface area contributed by atoms with Crippen molar-refractivity contribution in [2.24, 2.45) is 5.73 Å². The number of piperidine rings is 1. The molecule has 0 aromatic carbocycles. The van der Waals surface area contributed by atoms with Crippen LogP contribution in [0.3, 0.4) is 0 Å². The van der Waals surface area contributed by atoms with Crippen LogP contribution in [0.5, 0.6) is 0 Å². The molecule has 0 saturated carbocycles. The van der Waals surface area contributed by atoms with Crippen LogP contribution in [0.15, 0.2) is 0 Å². The third-order valence-electron chi connectivity index (χ3n) is 4.81. The Morgan fingerprint density at radius 2 is 1.60 bits per heavy atom. The molecule has 0 aromatic heterocycles. The summed E-state index contributed by atoms with van der Waals surface area (Å²) >= 11 is 0. The summed E-state index contributed by atoms with van der Waals surface area (Å²) in [4.78, 5) is 5.21. The second kappa shape index (κ2) is 9.75. The highest BCUT2D eigenvalue weighted by Crippen LogP contribution is 2.23. The molecule has 1 rings (SSSR count). The Balaban J connectivity index is 2.13. The summed E-state index contributed by atoms with van der Waals surface area (Å²) < 4.78 is 0. The molecule has 0 unspecified atom stereocenters. The highest BCUT2D eigenvalue weighted by molar-refractivity contribution is 4.84. The van der Waals surface area contributed by atoms with E-state index in [1.807, 2.05) is 0 Å². The van der Waals surface area contributed by atoms with E-state index in [1.54, 1.807) is 0 Å². The van der Waals surface area contributed by atoms with Crippen LogP contribution in [0.2, 0.25) is 0 Å². The lowest BCUT2D eigenvalue weighted by molar-refractivity contribution is 0.0790. The van der Waals surface area contributed by atoms with Gasteiger partial charge in [-0.15, -0.1) is 0 Å². The maximum absolute atomic E-state index is 5.52. The minimum absolute atomic E-state index is 0.369. The third-order valence-corrected chi connectivity index (χ3v) is 4.81. The quantitative estimate of drug-likeness (QED) is 0.625. The van der Waals surface area contributed by atoms with Crippen molar-refractivity contribution >= 4 is 0 Å². The van der Waals surface area contributed by atoms with Gasteiger partial charge in [-0.1, -0.05) is 19.3 Å². The van der Waals surface area contributed by atoms with Crippen molar-refractivity contribution in [3.05, 3.63) is 0 Å². The molecule has 120 valence electrons. The maximum Gasteiger partial charge on any atom is 0.0165 e. The third kappa shape index (κ3) is 7.05. The number of hydrogen-bond acceptors (Lipinski definition) is 3. The first-order valence-electron chi connectivity index (χ1n) is 8.70. The predicted molar refractivity (Wildman–Crippen MR) is 89.1 cm³/mol. The molecule has 1 saturated heterocycles. The molecule has 0 aromatic rings. The number of rotatable bonds is 10. The average Bonchev–Trinajstić information content (AvgIpc) is 2.46. The minimum atomic E-state index is 0.369. The lowest BCUT2D eigenvalue weighted by Gasteiger charge is -2.42. The van der Waals surface area contributed by atoms with E-state index in [1.165, 1.54) is 77.5 Å². The van der Waals surface area contributed by atoms with Gasteiger partial charge in [-0.2, -0.15) is 0 Å². The summed E-state index contributed by atoms with van der Waals surface area (Å²) in [6.45, 7) is 10.8. The van der Waals surface area contributed by atoms with Gasteiger partial charge in [-0.05, 0) is 85.7 Å². The molecule has 0 radical (unpaired) electrons. The Kier molecular flexibility index (Phi) is 8.74. The van der Waals surface area contributed by atoms with E-state index in [-0.39, 0.29) is 0 Å². The van der Waals surface area contributed by atoms with Crippen LogP contribution in [0.4, 0.5) is 0 Å². The second-order valence-electron chi connectivity index (χ2n) is 7.12. The standard InChI is InChI=1S/C17H37N3/c1-17(2,20-14-9-6-10-15-20)11-16-19(3)13-8-5-4-7-12-18/h4-16,18H2,1-3H3. The minimum Gasteiger partial charge on any atom is -0.330 e. The fourth-order valence-electron chi connectivity index (χ4n) is 3.11. The van der Waals surface area contributed by atoms with Crippen molar-refractivity contribution in [1.29, 1.82) is 0 Å². The fraction of sp³-hybridized carbons (Fsp3) is 1.00. The van der Waals surface area contributed by atoms with E-state index in [2.05, 4.69) is 30.7 Å². The molecule has 3 nitrogen and oxygen atoms in total. The molecule has 1 fully saturated rings. The Bertz CT molecular complexity index is 234. The lowest BCUT2D eigenvalue weighted by Crippen LogP contribution is -2.48. The van der Waals surface area contributed by atoms with Crippen molar-refractivity contribution in [2.45, 2.75) is 70.8 Å². The Morgan fingerprint density at radius 1 is 0.950 bits per heavy atom. The molecule has 1 aliphatic rings. The summed E-state index contributed by atoms with van der Waals surface area (Å²) in [6.07, 6.45) is 10.6. The highest BCUT2D eigenvalue weighted by Gasteiger charge is 2.27. The number of nitrogens with zero attached hydrogens (tertiary/aromatic N) is 2. The molecule has 0 spiro atoms. The molecule has 3 heteroatoms. The van der Waals surface area contributed by atoms with Crippen LogP contribution >= 0.6 is 0 Å². The van der Waals surface area contributed by atoms with Crippen molar-refractivity contribution in [3.63, 3.8) is 0 Å². The number of hydrogen-bond donors (Lipinski definition) is 1. The summed E-state index contributed by atoms with van der Waals surface area (Å²) in [6, 6.07) is 0. The number of likely N-dealkylation sites (tertiary alicyclic amines) is 1. The topological polar surface area (TPSA) is 32.5 Å². The first-order valence-corrected chi connectivity index (χ1v) is 8.70. The van der Waals surface area contributed by atoms with Crippen molar-refractivity contribution in [2.75, 3.05) is 39.8 Å². The molecule has 20 heavy (non-hydrogen) atoms. The zero-order valence-corrected chi connectivity index (χ0v) is 14.2. The summed E-state index contributed by atoms with van der Waals surface area (Å²) in [5.74, 6) is 0. The van der Waals surface area contributed by atoms with Gasteiger partial charge in [-0.25, -0.2) is 0 Å². The van der Waals surface area contributed by atoms with Crippen molar-refractivity contribution in [1.82, 2.24) is 9.80 Å². The molecule has 0 amide bonds. The summed E-state index contributed by atoms with van der Waals surface area (Å²) in [5.41, 5.74) is 5.89. The average molecular weight is 284 g/mol. The molecular weight excluding hydrogens is 246 g/mol. The van der Waals surface area contributed by atoms with Gasteiger partial charge in [0.15, 0.2) is 0 Å². The zero-order chi connectivity index (χ0) is 14.8. The molecule has 1 aliphatic heterocycles. The van der Waals surface area contributed by atoms with Crippen LogP contribution in [0.25, 0.3) is 0 Å². The summed E-state index contributed by atoms with van der Waals surface area (Å²) in [5, 5.41) is 0. The Morgan fingerprint density at radius 3 is 2.25 bits per heavy atom. The van der Waals surface area contributed by atoms with Crippen molar-refractivity contribution in [3.8, 4) is 0 Å². The van der Waals surface area contributed by atoms with Gasteiger partial charge < -0.3 is 10.6 Å². The SMILES string of the molecule is CN(CCCCCCN)CCC(C)(C)N1CCCCC1. The van der Waals surface area contributed by atoms with Gasteiger partial charge in [0.25, 0.3) is 0 Å². The van der Waals surface area contributed by atoms with E-state index in [9.17, 15) is 0 Å². The lowest BCUT2D eigenvalue weighted by atomic mass is 9.94. The van der Waals surface area contributed by atoms with Crippen LogP contribution in [-0.4, -0.2) is 55.1 Å². The smallest absolute Gasteiger partial charge is 0.0165 e. The second-order valence-corrected chi connectivity index (χ2v) is 7.12. The van der Waals surface area contributed by atoms with E-state index in [4.69, 9.17) is 5.73 Å². The normalized spacial score (nSPS) is 17.9. The van der Waals surface area contributed by atoms with E-state index in [0.29, 0.717) is 5.54 Å². The molecule has 1 heterocycles. The fourth-order valence-corrected chi connectivity index (χ4v) is 3.11. The van der Waals surface area contributed by atoms with Crippen LogP contribution in [0, 0.1) is 0 Å². The maximum atomic E-state index is 5.52. The predicted octanol–water partition coefficient (Wildman–Crippen LogP) is 3.09. The summed E-state index contributed by atoms with van der Waals surface area (Å²) in [7, 11) is 2.27. The van der Waals surface area contributed by atoms with Gasteiger partial charge in [0.05, 0.1) is 0 Å². The number of unbranched alkanes of at least 4 members (excludes halogenated alkanes) is 3. The first kappa shape index (κ1) is 17.9. The first-order chi connectivity index (χ1) is 9.56. The molecule has 0 bridgehead atoms. The molecule has 2 N–H and O–H groups in total. The van der Waals surface area contributed by atoms with E-state index >= 15 is 0 Å². The monoisotopic (exact) mass is 283 g/mol. The van der Waals surface area contributed by atoms with Gasteiger partial charge in [0.1, 0.15) is 0 Å². The van der Waals surface area contributed by atoms with Crippen LogP contribution in [0.1, 0.15) is 65.2 Å². The van der Waals surface area contributed by atoms with Gasteiger partial charge in [0, 0.05) is 5.54 Å². The zero-order valence-electron chi connectivity index (χ0n) is 14.2. The number of nitrogens with two attached hydrogens (primary N) is 1. The van der Waals surface area contributed by atoms with Crippen LogP contribution in [-0.2, 0) is 0 Å². The van der Waals surface area contributed by atoms with Gasteiger partial charge >= 0.3 is 0 Å². The van der Waals surface area contributed by atoms with Crippen LogP contribution < -0.4 is 5.73 Å². The highest BCUT2D eigenvalue weighted by atomic mass is 15.2. The Hall–Kier alpha value is -0.120. The molecule has 0 atom stereocenters. The van der Waals surface area contributed by atoms with E-state index in [0.717, 1.165) is 6.54 Å². The van der Waals surface area contributed by atoms with Gasteiger partial charge in [-0.3, -0.25) is 4.90 Å². The van der Waals surface area contributed by atoms with Gasteiger partial charge in [0.2, 0.25) is 0 Å². The largest absolute Gasteiger partial charge is 0.330 e. The van der Waals surface area contributed by atoms with E-state index < -0.39 is 0 Å². The Labute approximate surface area is 126 Å². The molecular formula is C17H37N3.